The van der Waals surface area contributed by atoms with Gasteiger partial charge in [-0.3, -0.25) is 19.2 Å². The molecule has 0 aliphatic carbocycles. The molecular formula is C22H20N4O4. The van der Waals surface area contributed by atoms with E-state index in [2.05, 4.69) is 10.6 Å². The lowest BCUT2D eigenvalue weighted by molar-refractivity contribution is -0.115. The number of hydrogen-bond donors (Lipinski definition) is 2. The predicted molar refractivity (Wildman–Crippen MR) is 109 cm³/mol. The van der Waals surface area contributed by atoms with E-state index in [1.54, 1.807) is 46.2 Å². The molecule has 2 N–H and O–H groups in total. The van der Waals surface area contributed by atoms with E-state index in [4.69, 9.17) is 0 Å². The zero-order chi connectivity index (χ0) is 20.8. The summed E-state index contributed by atoms with van der Waals surface area (Å²) in [5.41, 5.74) is 3.94. The Balaban J connectivity index is 1.29. The van der Waals surface area contributed by atoms with E-state index in [1.165, 1.54) is 0 Å². The molecule has 0 atom stereocenters. The largest absolute Gasteiger partial charge is 0.335 e. The van der Waals surface area contributed by atoms with E-state index in [9.17, 15) is 19.2 Å². The van der Waals surface area contributed by atoms with Crippen molar-refractivity contribution in [3.05, 3.63) is 58.7 Å². The lowest BCUT2D eigenvalue weighted by atomic mass is 10.0. The first-order valence-electron chi connectivity index (χ1n) is 9.93. The van der Waals surface area contributed by atoms with Crippen LogP contribution >= 0.6 is 0 Å². The van der Waals surface area contributed by atoms with E-state index in [0.717, 1.165) is 11.1 Å². The number of piperazine rings is 1. The summed E-state index contributed by atoms with van der Waals surface area (Å²) < 4.78 is 0. The molecule has 3 heterocycles. The molecule has 4 amide bonds. The first-order valence-corrected chi connectivity index (χ1v) is 9.93. The van der Waals surface area contributed by atoms with Gasteiger partial charge in [0.1, 0.15) is 0 Å². The quantitative estimate of drug-likeness (QED) is 0.788. The number of benzene rings is 2. The molecule has 0 spiro atoms. The Kier molecular flexibility index (Phi) is 4.27. The van der Waals surface area contributed by atoms with Gasteiger partial charge in [0, 0.05) is 48.7 Å². The molecule has 3 aliphatic heterocycles. The van der Waals surface area contributed by atoms with Crippen molar-refractivity contribution in [1.82, 2.24) is 9.80 Å². The molecule has 30 heavy (non-hydrogen) atoms. The highest BCUT2D eigenvalue weighted by Crippen LogP contribution is 2.29. The van der Waals surface area contributed by atoms with Crippen LogP contribution in [0.1, 0.15) is 31.8 Å². The normalized spacial score (nSPS) is 17.3. The van der Waals surface area contributed by atoms with Crippen LogP contribution < -0.4 is 10.6 Å². The summed E-state index contributed by atoms with van der Waals surface area (Å²) >= 11 is 0. The highest BCUT2D eigenvalue weighted by atomic mass is 16.2. The third kappa shape index (κ3) is 3.01. The fourth-order valence-electron chi connectivity index (χ4n) is 4.35. The average Bonchev–Trinajstić information content (AvgIpc) is 3.33. The monoisotopic (exact) mass is 404 g/mol. The Morgan fingerprint density at radius 1 is 0.667 bits per heavy atom. The van der Waals surface area contributed by atoms with Crippen molar-refractivity contribution in [3.63, 3.8) is 0 Å². The summed E-state index contributed by atoms with van der Waals surface area (Å²) in [6, 6.07) is 10.6. The van der Waals surface area contributed by atoms with Crippen molar-refractivity contribution in [2.24, 2.45) is 0 Å². The molecule has 2 aromatic carbocycles. The molecule has 5 rings (SSSR count). The van der Waals surface area contributed by atoms with E-state index >= 15 is 0 Å². The third-order valence-corrected chi connectivity index (χ3v) is 5.89. The maximum absolute atomic E-state index is 13.0. The Morgan fingerprint density at radius 3 is 1.47 bits per heavy atom. The summed E-state index contributed by atoms with van der Waals surface area (Å²) in [4.78, 5) is 52.9. The van der Waals surface area contributed by atoms with Crippen molar-refractivity contribution in [3.8, 4) is 0 Å². The number of carbonyl (C=O) groups is 4. The van der Waals surface area contributed by atoms with Crippen LogP contribution in [0.2, 0.25) is 0 Å². The second kappa shape index (κ2) is 6.98. The van der Waals surface area contributed by atoms with Crippen molar-refractivity contribution in [2.75, 3.05) is 36.8 Å². The minimum absolute atomic E-state index is 0.107. The minimum atomic E-state index is -0.120. The van der Waals surface area contributed by atoms with Gasteiger partial charge in [-0.15, -0.1) is 0 Å². The molecule has 8 nitrogen and oxygen atoms in total. The Bertz CT molecular complexity index is 1010. The smallest absolute Gasteiger partial charge is 0.254 e. The Labute approximate surface area is 172 Å². The summed E-state index contributed by atoms with van der Waals surface area (Å²) in [5.74, 6) is -0.454. The van der Waals surface area contributed by atoms with Gasteiger partial charge in [-0.2, -0.15) is 0 Å². The summed E-state index contributed by atoms with van der Waals surface area (Å²) in [5, 5.41) is 5.54. The van der Waals surface area contributed by atoms with Crippen LogP contribution in [0.3, 0.4) is 0 Å². The van der Waals surface area contributed by atoms with Crippen molar-refractivity contribution in [1.29, 1.82) is 0 Å². The third-order valence-electron chi connectivity index (χ3n) is 5.89. The van der Waals surface area contributed by atoms with Crippen molar-refractivity contribution < 1.29 is 19.2 Å². The van der Waals surface area contributed by atoms with Gasteiger partial charge in [0.15, 0.2) is 0 Å². The molecule has 0 saturated carbocycles. The first-order chi connectivity index (χ1) is 14.5. The number of rotatable bonds is 2. The predicted octanol–water partition coefficient (Wildman–Crippen LogP) is 1.27. The van der Waals surface area contributed by atoms with Crippen LogP contribution in [-0.2, 0) is 22.4 Å². The van der Waals surface area contributed by atoms with Crippen LogP contribution in [0.25, 0.3) is 0 Å². The molecule has 2 aromatic rings. The highest BCUT2D eigenvalue weighted by molar-refractivity contribution is 6.07. The maximum atomic E-state index is 13.0. The summed E-state index contributed by atoms with van der Waals surface area (Å²) in [7, 11) is 0. The van der Waals surface area contributed by atoms with Gasteiger partial charge >= 0.3 is 0 Å². The van der Waals surface area contributed by atoms with Gasteiger partial charge in [-0.25, -0.2) is 0 Å². The van der Waals surface area contributed by atoms with Crippen LogP contribution in [-0.4, -0.2) is 59.6 Å². The Hall–Kier alpha value is -3.68. The number of hydrogen-bond acceptors (Lipinski definition) is 4. The first kappa shape index (κ1) is 18.4. The molecular weight excluding hydrogens is 384 g/mol. The zero-order valence-electron chi connectivity index (χ0n) is 16.2. The van der Waals surface area contributed by atoms with E-state index < -0.39 is 0 Å². The highest BCUT2D eigenvalue weighted by Gasteiger charge is 2.31. The van der Waals surface area contributed by atoms with E-state index in [-0.39, 0.29) is 36.5 Å². The number of carbonyl (C=O) groups excluding carboxylic acids is 4. The molecule has 1 fully saturated rings. The maximum Gasteiger partial charge on any atom is 0.254 e. The van der Waals surface area contributed by atoms with Crippen LogP contribution in [0, 0.1) is 0 Å². The molecule has 0 bridgehead atoms. The fourth-order valence-corrected chi connectivity index (χ4v) is 4.35. The molecule has 8 heteroatoms. The summed E-state index contributed by atoms with van der Waals surface area (Å²) in [6.07, 6.45) is 0.420. The molecule has 3 aliphatic rings. The van der Waals surface area contributed by atoms with Gasteiger partial charge in [0.25, 0.3) is 11.8 Å². The molecule has 0 aromatic heterocycles. The lowest BCUT2D eigenvalue weighted by Crippen LogP contribution is -2.50. The SMILES string of the molecule is O=C1Cc2c(cccc2C(=O)N2CCN(C(=O)c3cccc4c3CC(=O)N4)CC2)N1. The fraction of sp³-hybridized carbons (Fsp3) is 0.273. The van der Waals surface area contributed by atoms with Crippen LogP contribution in [0.15, 0.2) is 36.4 Å². The van der Waals surface area contributed by atoms with Crippen LogP contribution in [0.4, 0.5) is 11.4 Å². The lowest BCUT2D eigenvalue weighted by Gasteiger charge is -2.35. The average molecular weight is 404 g/mol. The Morgan fingerprint density at radius 2 is 1.07 bits per heavy atom. The van der Waals surface area contributed by atoms with Gasteiger partial charge in [0.05, 0.1) is 12.8 Å². The molecule has 1 saturated heterocycles. The standard InChI is InChI=1S/C22H20N4O4/c27-19-11-15-13(3-1-5-17(15)23-19)21(29)25-7-9-26(10-8-25)22(30)14-4-2-6-18-16(14)12-20(28)24-18/h1-6H,7-12H2,(H,23,27)(H,24,28). The number of nitrogens with one attached hydrogen (secondary N) is 2. The van der Waals surface area contributed by atoms with Gasteiger partial charge < -0.3 is 20.4 Å². The summed E-state index contributed by atoms with van der Waals surface area (Å²) in [6.45, 7) is 1.67. The number of amides is 4. The van der Waals surface area contributed by atoms with Crippen molar-refractivity contribution >= 4 is 35.0 Å². The molecule has 0 radical (unpaired) electrons. The number of anilines is 2. The molecule has 152 valence electrons. The second-order valence-corrected chi connectivity index (χ2v) is 7.70. The van der Waals surface area contributed by atoms with Gasteiger partial charge in [-0.05, 0) is 35.4 Å². The topological polar surface area (TPSA) is 98.8 Å². The van der Waals surface area contributed by atoms with E-state index in [0.29, 0.717) is 48.7 Å². The zero-order valence-corrected chi connectivity index (χ0v) is 16.2. The molecule has 0 unspecified atom stereocenters. The minimum Gasteiger partial charge on any atom is -0.335 e. The van der Waals surface area contributed by atoms with Gasteiger partial charge in [-0.1, -0.05) is 12.1 Å². The number of fused-ring (bicyclic) bond motifs is 2. The number of nitrogens with zero attached hydrogens (tertiary/aromatic N) is 2. The second-order valence-electron chi connectivity index (χ2n) is 7.70. The van der Waals surface area contributed by atoms with Crippen molar-refractivity contribution in [2.45, 2.75) is 12.8 Å². The van der Waals surface area contributed by atoms with E-state index in [1.807, 2.05) is 0 Å². The van der Waals surface area contributed by atoms with Crippen LogP contribution in [0.5, 0.6) is 0 Å². The van der Waals surface area contributed by atoms with Gasteiger partial charge in [0.2, 0.25) is 11.8 Å².